The number of cyclic esters (lactones) is 1. The summed E-state index contributed by atoms with van der Waals surface area (Å²) in [6.45, 7) is 8.62. The molecule has 1 aliphatic heterocycles. The van der Waals surface area contributed by atoms with Gasteiger partial charge in [-0.2, -0.15) is 0 Å². The van der Waals surface area contributed by atoms with Gasteiger partial charge in [-0.25, -0.2) is 0 Å². The van der Waals surface area contributed by atoms with E-state index in [1.54, 1.807) is 0 Å². The Labute approximate surface area is 84.6 Å². The van der Waals surface area contributed by atoms with E-state index in [-0.39, 0.29) is 11.9 Å². The average Bonchev–Trinajstić information content (AvgIpc) is 2.50. The highest BCUT2D eigenvalue weighted by atomic mass is 16.5. The van der Waals surface area contributed by atoms with E-state index in [9.17, 15) is 4.79 Å². The highest BCUT2D eigenvalue weighted by Gasteiger charge is 2.44. The van der Waals surface area contributed by atoms with Crippen molar-refractivity contribution < 1.29 is 9.53 Å². The maximum atomic E-state index is 11.6. The van der Waals surface area contributed by atoms with Crippen LogP contribution in [0.4, 0.5) is 0 Å². The minimum absolute atomic E-state index is 0.0320. The quantitative estimate of drug-likeness (QED) is 0.471. The van der Waals surface area contributed by atoms with E-state index in [4.69, 9.17) is 4.74 Å². The average molecular weight is 192 g/mol. The molecule has 1 fully saturated rings. The molecule has 1 saturated heterocycles. The molecule has 1 heterocycles. The summed E-state index contributed by atoms with van der Waals surface area (Å²) in [6.07, 6.45) is 3.17. The van der Waals surface area contributed by atoms with Crippen molar-refractivity contribution in [3.8, 4) is 0 Å². The first-order valence-electron chi connectivity index (χ1n) is 5.10. The molecule has 14 heavy (non-hydrogen) atoms. The van der Waals surface area contributed by atoms with Gasteiger partial charge in [0.25, 0.3) is 0 Å². The number of carbonyl (C=O) groups is 1. The SMILES string of the molecule is C=C(C)[C@H]1CC=C(C)[C@@H]2COC(=O)[C@H]12. The Bertz CT molecular complexity index is 314. The van der Waals surface area contributed by atoms with Crippen LogP contribution in [0, 0.1) is 17.8 Å². The molecule has 2 heteroatoms. The van der Waals surface area contributed by atoms with Gasteiger partial charge in [0, 0.05) is 5.92 Å². The van der Waals surface area contributed by atoms with Gasteiger partial charge in [0.05, 0.1) is 12.5 Å². The molecule has 0 spiro atoms. The van der Waals surface area contributed by atoms with E-state index < -0.39 is 0 Å². The van der Waals surface area contributed by atoms with Crippen LogP contribution in [0.3, 0.4) is 0 Å². The lowest BCUT2D eigenvalue weighted by atomic mass is 9.71. The smallest absolute Gasteiger partial charge is 0.310 e. The molecule has 0 bridgehead atoms. The van der Waals surface area contributed by atoms with Crippen LogP contribution in [-0.2, 0) is 9.53 Å². The number of allylic oxidation sites excluding steroid dienone is 2. The summed E-state index contributed by atoms with van der Waals surface area (Å²) in [6, 6.07) is 0. The van der Waals surface area contributed by atoms with Crippen LogP contribution in [0.2, 0.25) is 0 Å². The summed E-state index contributed by atoms with van der Waals surface area (Å²) in [4.78, 5) is 11.6. The van der Waals surface area contributed by atoms with Gasteiger partial charge in [-0.1, -0.05) is 23.8 Å². The molecule has 0 saturated carbocycles. The first kappa shape index (κ1) is 9.50. The van der Waals surface area contributed by atoms with Crippen molar-refractivity contribution >= 4 is 5.97 Å². The lowest BCUT2D eigenvalue weighted by molar-refractivity contribution is -0.142. The molecule has 0 aromatic carbocycles. The van der Waals surface area contributed by atoms with E-state index in [1.807, 2.05) is 6.92 Å². The Hall–Kier alpha value is -1.05. The summed E-state index contributed by atoms with van der Waals surface area (Å²) in [5.41, 5.74) is 2.40. The van der Waals surface area contributed by atoms with Crippen LogP contribution in [0.5, 0.6) is 0 Å². The minimum atomic E-state index is -0.0320. The zero-order valence-electron chi connectivity index (χ0n) is 8.75. The number of ether oxygens (including phenoxy) is 1. The van der Waals surface area contributed by atoms with Gasteiger partial charge in [0.2, 0.25) is 0 Å². The molecular formula is C12H16O2. The van der Waals surface area contributed by atoms with Crippen LogP contribution in [-0.4, -0.2) is 12.6 Å². The zero-order valence-corrected chi connectivity index (χ0v) is 8.75. The molecule has 0 radical (unpaired) electrons. The molecule has 0 aromatic heterocycles. The normalized spacial score (nSPS) is 36.0. The van der Waals surface area contributed by atoms with Gasteiger partial charge in [0.15, 0.2) is 0 Å². The molecular weight excluding hydrogens is 176 g/mol. The number of hydrogen-bond donors (Lipinski definition) is 0. The lowest BCUT2D eigenvalue weighted by Gasteiger charge is -2.29. The molecule has 0 N–H and O–H groups in total. The van der Waals surface area contributed by atoms with Crippen molar-refractivity contribution in [3.05, 3.63) is 23.8 Å². The van der Waals surface area contributed by atoms with Crippen LogP contribution in [0.25, 0.3) is 0 Å². The van der Waals surface area contributed by atoms with Crippen molar-refractivity contribution in [1.82, 2.24) is 0 Å². The van der Waals surface area contributed by atoms with Crippen LogP contribution in [0.15, 0.2) is 23.8 Å². The number of hydrogen-bond acceptors (Lipinski definition) is 2. The molecule has 0 amide bonds. The fourth-order valence-corrected chi connectivity index (χ4v) is 2.51. The van der Waals surface area contributed by atoms with Crippen molar-refractivity contribution in [1.29, 1.82) is 0 Å². The van der Waals surface area contributed by atoms with Gasteiger partial charge in [-0.05, 0) is 26.2 Å². The third kappa shape index (κ3) is 1.29. The Morgan fingerprint density at radius 3 is 3.00 bits per heavy atom. The Kier molecular flexibility index (Phi) is 2.22. The van der Waals surface area contributed by atoms with Crippen molar-refractivity contribution in [2.45, 2.75) is 20.3 Å². The molecule has 76 valence electrons. The highest BCUT2D eigenvalue weighted by molar-refractivity contribution is 5.76. The maximum Gasteiger partial charge on any atom is 0.310 e. The number of rotatable bonds is 1. The second-order valence-corrected chi connectivity index (χ2v) is 4.40. The Morgan fingerprint density at radius 2 is 2.36 bits per heavy atom. The standard InChI is InChI=1S/C12H16O2/c1-7(2)9-5-4-8(3)10-6-14-12(13)11(9)10/h4,9-11H,1,5-6H2,2-3H3/t9-,10+,11-/m1/s1. The van der Waals surface area contributed by atoms with E-state index >= 15 is 0 Å². The topological polar surface area (TPSA) is 26.3 Å². The summed E-state index contributed by atoms with van der Waals surface area (Å²) in [7, 11) is 0. The highest BCUT2D eigenvalue weighted by Crippen LogP contribution is 2.42. The number of esters is 1. The second kappa shape index (κ2) is 3.26. The fourth-order valence-electron chi connectivity index (χ4n) is 2.51. The molecule has 2 nitrogen and oxygen atoms in total. The number of carbonyl (C=O) groups excluding carboxylic acids is 1. The third-order valence-electron chi connectivity index (χ3n) is 3.46. The molecule has 0 aromatic rings. The van der Waals surface area contributed by atoms with Crippen LogP contribution >= 0.6 is 0 Å². The van der Waals surface area contributed by atoms with Gasteiger partial charge >= 0.3 is 5.97 Å². The lowest BCUT2D eigenvalue weighted by Crippen LogP contribution is -2.29. The molecule has 2 rings (SSSR count). The minimum Gasteiger partial charge on any atom is -0.465 e. The van der Waals surface area contributed by atoms with Crippen LogP contribution < -0.4 is 0 Å². The summed E-state index contributed by atoms with van der Waals surface area (Å²) < 4.78 is 5.13. The monoisotopic (exact) mass is 192 g/mol. The Morgan fingerprint density at radius 1 is 1.64 bits per heavy atom. The van der Waals surface area contributed by atoms with Crippen molar-refractivity contribution in [3.63, 3.8) is 0 Å². The molecule has 1 aliphatic carbocycles. The first-order chi connectivity index (χ1) is 6.61. The van der Waals surface area contributed by atoms with E-state index in [1.165, 1.54) is 5.57 Å². The van der Waals surface area contributed by atoms with E-state index in [0.29, 0.717) is 18.4 Å². The maximum absolute atomic E-state index is 11.6. The largest absolute Gasteiger partial charge is 0.465 e. The first-order valence-corrected chi connectivity index (χ1v) is 5.10. The number of fused-ring (bicyclic) bond motifs is 1. The zero-order chi connectivity index (χ0) is 10.3. The molecule has 2 aliphatic rings. The van der Waals surface area contributed by atoms with E-state index in [0.717, 1.165) is 12.0 Å². The van der Waals surface area contributed by atoms with Gasteiger partial charge in [0.1, 0.15) is 0 Å². The van der Waals surface area contributed by atoms with Gasteiger partial charge < -0.3 is 4.74 Å². The summed E-state index contributed by atoms with van der Waals surface area (Å²) >= 11 is 0. The predicted octanol–water partition coefficient (Wildman–Crippen LogP) is 2.32. The molecule has 3 atom stereocenters. The van der Waals surface area contributed by atoms with Crippen LogP contribution in [0.1, 0.15) is 20.3 Å². The summed E-state index contributed by atoms with van der Waals surface area (Å²) in [5.74, 6) is 0.601. The van der Waals surface area contributed by atoms with Crippen molar-refractivity contribution in [2.24, 2.45) is 17.8 Å². The van der Waals surface area contributed by atoms with Crippen molar-refractivity contribution in [2.75, 3.05) is 6.61 Å². The van der Waals surface area contributed by atoms with Gasteiger partial charge in [-0.15, -0.1) is 0 Å². The fraction of sp³-hybridized carbons (Fsp3) is 0.583. The predicted molar refractivity (Wildman–Crippen MR) is 54.6 cm³/mol. The third-order valence-corrected chi connectivity index (χ3v) is 3.46. The second-order valence-electron chi connectivity index (χ2n) is 4.40. The van der Waals surface area contributed by atoms with E-state index in [2.05, 4.69) is 19.6 Å². The van der Waals surface area contributed by atoms with Gasteiger partial charge in [-0.3, -0.25) is 4.79 Å². The Balaban J connectivity index is 2.32. The molecule has 0 unspecified atom stereocenters. The summed E-state index contributed by atoms with van der Waals surface area (Å²) in [5, 5.41) is 0.